The minimum atomic E-state index is -4.52. The Morgan fingerprint density at radius 3 is 2.50 bits per heavy atom. The number of hydrogen-bond acceptors (Lipinski definition) is 5. The largest absolute Gasteiger partial charge is 0.481 e. The van der Waals surface area contributed by atoms with Crippen LogP contribution in [0, 0.1) is 17.8 Å². The highest BCUT2D eigenvalue weighted by molar-refractivity contribution is 5.67. The molecule has 1 saturated carbocycles. The van der Waals surface area contributed by atoms with Crippen LogP contribution in [0.4, 0.5) is 24.9 Å². The number of aliphatic carboxylic acids is 1. The predicted molar refractivity (Wildman–Crippen MR) is 88.0 cm³/mol. The molecule has 0 amide bonds. The van der Waals surface area contributed by atoms with Gasteiger partial charge < -0.3 is 14.9 Å². The van der Waals surface area contributed by atoms with Gasteiger partial charge in [0.15, 0.2) is 5.69 Å². The zero-order valence-electron chi connectivity index (χ0n) is 14.4. The number of carboxylic acid groups (broad SMARTS) is 1. The highest BCUT2D eigenvalue weighted by Gasteiger charge is 2.48. The molecule has 3 atom stereocenters. The van der Waals surface area contributed by atoms with Gasteiger partial charge in [-0.15, -0.1) is 0 Å². The number of rotatable bonds is 4. The predicted octanol–water partition coefficient (Wildman–Crippen LogP) is 2.64. The van der Waals surface area contributed by atoms with Gasteiger partial charge in [0, 0.05) is 38.2 Å². The molecular weight excluding hydrogens is 349 g/mol. The fraction of sp³-hybridized carbons (Fsp3) is 0.706. The highest BCUT2D eigenvalue weighted by atomic mass is 19.4. The van der Waals surface area contributed by atoms with Gasteiger partial charge in [0.25, 0.3) is 0 Å². The van der Waals surface area contributed by atoms with Gasteiger partial charge in [-0.3, -0.25) is 4.79 Å². The summed E-state index contributed by atoms with van der Waals surface area (Å²) in [5.41, 5.74) is -0.919. The van der Waals surface area contributed by atoms with Crippen LogP contribution >= 0.6 is 0 Å². The van der Waals surface area contributed by atoms with Gasteiger partial charge in [-0.1, -0.05) is 0 Å². The Balaban J connectivity index is 1.59. The molecule has 142 valence electrons. The van der Waals surface area contributed by atoms with Crippen molar-refractivity contribution in [2.75, 3.05) is 29.4 Å². The second-order valence-electron chi connectivity index (χ2n) is 7.66. The fourth-order valence-electron chi connectivity index (χ4n) is 4.38. The molecule has 4 heterocycles. The van der Waals surface area contributed by atoms with Gasteiger partial charge in [0.05, 0.1) is 0 Å². The maximum Gasteiger partial charge on any atom is 0.433 e. The van der Waals surface area contributed by atoms with E-state index in [9.17, 15) is 18.0 Å². The van der Waals surface area contributed by atoms with E-state index >= 15 is 0 Å². The van der Waals surface area contributed by atoms with Crippen LogP contribution in [0.5, 0.6) is 0 Å². The van der Waals surface area contributed by atoms with Crippen LogP contribution in [-0.4, -0.2) is 46.7 Å². The number of anilines is 2. The Morgan fingerprint density at radius 2 is 2.00 bits per heavy atom. The molecule has 26 heavy (non-hydrogen) atoms. The smallest absolute Gasteiger partial charge is 0.433 e. The monoisotopic (exact) mass is 370 g/mol. The SMILES string of the molecule is C[C@H]1CCN1c1nc(N2CC3CC(C2)C3CC(=O)O)cc(C(F)(F)F)n1. The van der Waals surface area contributed by atoms with Crippen molar-refractivity contribution in [1.82, 2.24) is 9.97 Å². The van der Waals surface area contributed by atoms with Crippen molar-refractivity contribution in [1.29, 1.82) is 0 Å². The number of carbonyl (C=O) groups is 1. The number of fused-ring (bicyclic) bond motifs is 2. The summed E-state index contributed by atoms with van der Waals surface area (Å²) in [6.45, 7) is 3.71. The number of halogens is 3. The van der Waals surface area contributed by atoms with Crippen molar-refractivity contribution in [3.63, 3.8) is 0 Å². The van der Waals surface area contributed by atoms with Gasteiger partial charge in [0.1, 0.15) is 5.82 Å². The third kappa shape index (κ3) is 2.97. The molecule has 4 fully saturated rings. The number of aromatic nitrogens is 2. The summed E-state index contributed by atoms with van der Waals surface area (Å²) < 4.78 is 39.9. The molecule has 2 unspecified atom stereocenters. The van der Waals surface area contributed by atoms with Crippen molar-refractivity contribution < 1.29 is 23.1 Å². The van der Waals surface area contributed by atoms with Gasteiger partial charge in [-0.05, 0) is 37.5 Å². The minimum absolute atomic E-state index is 0.127. The first-order chi connectivity index (χ1) is 12.2. The van der Waals surface area contributed by atoms with E-state index in [-0.39, 0.29) is 36.2 Å². The zero-order valence-corrected chi connectivity index (χ0v) is 14.4. The number of alkyl halides is 3. The van der Waals surface area contributed by atoms with E-state index in [2.05, 4.69) is 9.97 Å². The van der Waals surface area contributed by atoms with Crippen LogP contribution in [0.15, 0.2) is 6.07 Å². The molecule has 5 rings (SSSR count). The van der Waals surface area contributed by atoms with Gasteiger partial charge in [-0.2, -0.15) is 18.2 Å². The lowest BCUT2D eigenvalue weighted by atomic mass is 9.60. The Bertz CT molecular complexity index is 714. The quantitative estimate of drug-likeness (QED) is 0.879. The summed E-state index contributed by atoms with van der Waals surface area (Å²) in [5.74, 6) is 0.164. The van der Waals surface area contributed by atoms with Gasteiger partial charge in [0.2, 0.25) is 5.95 Å². The van der Waals surface area contributed by atoms with E-state index in [1.807, 2.05) is 11.8 Å². The van der Waals surface area contributed by atoms with E-state index in [0.717, 1.165) is 18.9 Å². The number of carboxylic acids is 1. The first kappa shape index (κ1) is 17.4. The molecule has 4 aliphatic rings. The van der Waals surface area contributed by atoms with E-state index in [0.29, 0.717) is 25.5 Å². The molecule has 1 aliphatic carbocycles. The fourth-order valence-corrected chi connectivity index (χ4v) is 4.38. The topological polar surface area (TPSA) is 69.6 Å². The Hall–Kier alpha value is -2.06. The van der Waals surface area contributed by atoms with E-state index < -0.39 is 17.8 Å². The Labute approximate surface area is 149 Å². The second kappa shape index (κ2) is 5.99. The van der Waals surface area contributed by atoms with Crippen LogP contribution in [0.3, 0.4) is 0 Å². The zero-order chi connectivity index (χ0) is 18.6. The molecule has 3 aliphatic heterocycles. The third-order valence-electron chi connectivity index (χ3n) is 6.03. The lowest BCUT2D eigenvalue weighted by Crippen LogP contribution is -2.56. The molecule has 6 nitrogen and oxygen atoms in total. The van der Waals surface area contributed by atoms with Crippen molar-refractivity contribution >= 4 is 17.7 Å². The van der Waals surface area contributed by atoms with Crippen LogP contribution in [0.1, 0.15) is 31.9 Å². The van der Waals surface area contributed by atoms with Gasteiger partial charge >= 0.3 is 12.1 Å². The van der Waals surface area contributed by atoms with Crippen LogP contribution in [0.25, 0.3) is 0 Å². The molecule has 2 bridgehead atoms. The summed E-state index contributed by atoms with van der Waals surface area (Å²) in [6.07, 6.45) is -2.52. The molecule has 0 aromatic carbocycles. The number of nitrogens with zero attached hydrogens (tertiary/aromatic N) is 4. The van der Waals surface area contributed by atoms with E-state index in [4.69, 9.17) is 5.11 Å². The summed E-state index contributed by atoms with van der Waals surface area (Å²) in [5, 5.41) is 9.00. The Kier molecular flexibility index (Phi) is 4.00. The summed E-state index contributed by atoms with van der Waals surface area (Å²) >= 11 is 0. The minimum Gasteiger partial charge on any atom is -0.481 e. The first-order valence-corrected chi connectivity index (χ1v) is 8.92. The molecule has 1 aromatic heterocycles. The molecule has 9 heteroatoms. The van der Waals surface area contributed by atoms with Crippen LogP contribution in [-0.2, 0) is 11.0 Å². The highest BCUT2D eigenvalue weighted by Crippen LogP contribution is 2.48. The molecule has 0 spiro atoms. The van der Waals surface area contributed by atoms with E-state index in [1.165, 1.54) is 0 Å². The van der Waals surface area contributed by atoms with Crippen molar-refractivity contribution in [2.24, 2.45) is 17.8 Å². The lowest BCUT2D eigenvalue weighted by Gasteiger charge is -2.53. The second-order valence-corrected chi connectivity index (χ2v) is 7.66. The maximum atomic E-state index is 13.3. The van der Waals surface area contributed by atoms with Crippen LogP contribution in [0.2, 0.25) is 0 Å². The average molecular weight is 370 g/mol. The lowest BCUT2D eigenvalue weighted by molar-refractivity contribution is -0.142. The normalized spacial score (nSPS) is 30.6. The van der Waals surface area contributed by atoms with Crippen molar-refractivity contribution in [3.8, 4) is 0 Å². The van der Waals surface area contributed by atoms with Gasteiger partial charge in [-0.25, -0.2) is 4.98 Å². The summed E-state index contributed by atoms with van der Waals surface area (Å²) in [4.78, 5) is 22.8. The number of hydrogen-bond donors (Lipinski definition) is 1. The van der Waals surface area contributed by atoms with E-state index in [1.54, 1.807) is 4.90 Å². The molecule has 3 saturated heterocycles. The molecule has 1 N–H and O–H groups in total. The first-order valence-electron chi connectivity index (χ1n) is 8.92. The average Bonchev–Trinajstić information content (AvgIpc) is 2.57. The van der Waals surface area contributed by atoms with Crippen molar-refractivity contribution in [3.05, 3.63) is 11.8 Å². The summed E-state index contributed by atoms with van der Waals surface area (Å²) in [6, 6.07) is 1.16. The summed E-state index contributed by atoms with van der Waals surface area (Å²) in [7, 11) is 0. The molecule has 0 radical (unpaired) electrons. The molecule has 1 aromatic rings. The maximum absolute atomic E-state index is 13.3. The van der Waals surface area contributed by atoms with Crippen LogP contribution < -0.4 is 9.80 Å². The third-order valence-corrected chi connectivity index (χ3v) is 6.03. The van der Waals surface area contributed by atoms with Crippen molar-refractivity contribution in [2.45, 2.75) is 38.4 Å². The number of piperidine rings is 2. The molecular formula is C17H21F3N4O2. The Morgan fingerprint density at radius 1 is 1.31 bits per heavy atom. The standard InChI is InChI=1S/C17H21F3N4O2/c1-9-2-3-24(9)16-21-13(17(18,19)20)6-14(22-16)23-7-10-4-11(8-23)12(10)5-15(25)26/h6,9-12H,2-5,7-8H2,1H3,(H,25,26)/t9-,10?,11?,12?/m0/s1.